The van der Waals surface area contributed by atoms with Gasteiger partial charge in [-0.15, -0.1) is 11.8 Å². The lowest BCUT2D eigenvalue weighted by atomic mass is 10.1. The van der Waals surface area contributed by atoms with E-state index in [2.05, 4.69) is 14.9 Å². The third-order valence-corrected chi connectivity index (χ3v) is 5.75. The number of thioether (sulfide) groups is 1. The normalized spacial score (nSPS) is 13.6. The Morgan fingerprint density at radius 3 is 2.62 bits per heavy atom. The molecular weight excluding hydrogens is 366 g/mol. The number of benzene rings is 2. The minimum atomic E-state index is -0.0606. The van der Waals surface area contributed by atoms with Crippen molar-refractivity contribution in [2.24, 2.45) is 0 Å². The Kier molecular flexibility index (Phi) is 5.00. The molecule has 1 aromatic heterocycles. The summed E-state index contributed by atoms with van der Waals surface area (Å²) in [5, 5.41) is 3.73. The molecule has 0 atom stereocenters. The van der Waals surface area contributed by atoms with E-state index in [1.165, 1.54) is 11.8 Å². The van der Waals surface area contributed by atoms with Crippen LogP contribution >= 0.6 is 23.4 Å². The van der Waals surface area contributed by atoms with Crippen molar-refractivity contribution in [2.75, 3.05) is 11.1 Å². The second-order valence-electron chi connectivity index (χ2n) is 6.21. The van der Waals surface area contributed by atoms with E-state index in [1.54, 1.807) is 0 Å². The Balaban J connectivity index is 1.52. The van der Waals surface area contributed by atoms with Crippen molar-refractivity contribution in [1.29, 1.82) is 0 Å². The number of nitrogens with zero attached hydrogens (tertiary/aromatic N) is 2. The monoisotopic (exact) mass is 383 g/mol. The Morgan fingerprint density at radius 1 is 1.15 bits per heavy atom. The van der Waals surface area contributed by atoms with Crippen LogP contribution in [0.4, 0.5) is 5.82 Å². The summed E-state index contributed by atoms with van der Waals surface area (Å²) in [5.41, 5.74) is 1.81. The maximum atomic E-state index is 12.6. The molecule has 3 aromatic rings. The average molecular weight is 384 g/mol. The molecule has 0 spiro atoms. The summed E-state index contributed by atoms with van der Waals surface area (Å²) >= 11 is 7.60. The van der Waals surface area contributed by atoms with Crippen LogP contribution in [0.25, 0.3) is 11.3 Å². The van der Waals surface area contributed by atoms with Gasteiger partial charge in [-0.2, -0.15) is 0 Å². The lowest BCUT2D eigenvalue weighted by molar-refractivity contribution is -0.113. The van der Waals surface area contributed by atoms with Crippen LogP contribution in [-0.2, 0) is 4.79 Å². The van der Waals surface area contributed by atoms with Crippen LogP contribution in [0.1, 0.15) is 18.9 Å². The molecule has 1 N–H and O–H groups in total. The molecule has 0 unspecified atom stereocenters. The van der Waals surface area contributed by atoms with Gasteiger partial charge in [-0.3, -0.25) is 4.79 Å². The second-order valence-corrected chi connectivity index (χ2v) is 7.64. The molecule has 1 heterocycles. The van der Waals surface area contributed by atoms with Crippen molar-refractivity contribution in [3.05, 3.63) is 65.9 Å². The fourth-order valence-electron chi connectivity index (χ4n) is 2.79. The lowest BCUT2D eigenvalue weighted by Crippen LogP contribution is -2.17. The molecule has 4 rings (SSSR count). The molecule has 26 heavy (non-hydrogen) atoms. The number of carbonyl (C=O) groups is 1. The van der Waals surface area contributed by atoms with E-state index in [0.29, 0.717) is 16.8 Å². The number of aromatic nitrogens is 2. The SMILES string of the molecule is O=C(CSc1ccccc1Cl)Nc1c(-c2ccccc2)ncn1C1CC1. The standard InChI is InChI=1S/C20H18ClN3OS/c21-16-8-4-5-9-17(16)26-12-18(25)23-20-19(14-6-2-1-3-7-14)22-13-24(20)15-10-11-15/h1-9,13,15H,10-12H2,(H,23,25). The van der Waals surface area contributed by atoms with Gasteiger partial charge in [0.05, 0.1) is 17.1 Å². The third kappa shape index (κ3) is 3.79. The van der Waals surface area contributed by atoms with Crippen LogP contribution in [0.5, 0.6) is 0 Å². The van der Waals surface area contributed by atoms with Crippen LogP contribution < -0.4 is 5.32 Å². The van der Waals surface area contributed by atoms with Gasteiger partial charge in [0.1, 0.15) is 11.5 Å². The van der Waals surface area contributed by atoms with Gasteiger partial charge < -0.3 is 9.88 Å². The van der Waals surface area contributed by atoms with E-state index in [1.807, 2.05) is 60.9 Å². The van der Waals surface area contributed by atoms with Gasteiger partial charge in [0.15, 0.2) is 0 Å². The fourth-order valence-corrected chi connectivity index (χ4v) is 3.83. The highest BCUT2D eigenvalue weighted by molar-refractivity contribution is 8.00. The van der Waals surface area contributed by atoms with Crippen LogP contribution in [0, 0.1) is 0 Å². The molecule has 1 amide bonds. The zero-order valence-electron chi connectivity index (χ0n) is 14.1. The van der Waals surface area contributed by atoms with Gasteiger partial charge in [0.25, 0.3) is 0 Å². The maximum absolute atomic E-state index is 12.6. The number of imidazole rings is 1. The first-order valence-electron chi connectivity index (χ1n) is 8.52. The average Bonchev–Trinajstić information content (AvgIpc) is 3.43. The molecule has 132 valence electrons. The lowest BCUT2D eigenvalue weighted by Gasteiger charge is -2.11. The highest BCUT2D eigenvalue weighted by Crippen LogP contribution is 2.40. The van der Waals surface area contributed by atoms with E-state index in [-0.39, 0.29) is 5.91 Å². The third-order valence-electron chi connectivity index (χ3n) is 4.23. The number of carbonyl (C=O) groups excluding carboxylic acids is 1. The van der Waals surface area contributed by atoms with Crippen molar-refractivity contribution in [3.8, 4) is 11.3 Å². The van der Waals surface area contributed by atoms with Gasteiger partial charge in [0, 0.05) is 16.5 Å². The molecule has 0 radical (unpaired) electrons. The minimum absolute atomic E-state index is 0.0606. The molecule has 1 fully saturated rings. The molecule has 6 heteroatoms. The van der Waals surface area contributed by atoms with Gasteiger partial charge in [-0.25, -0.2) is 4.98 Å². The number of amides is 1. The number of anilines is 1. The van der Waals surface area contributed by atoms with Gasteiger partial charge >= 0.3 is 0 Å². The maximum Gasteiger partial charge on any atom is 0.235 e. The number of halogens is 1. The van der Waals surface area contributed by atoms with Gasteiger partial charge in [-0.05, 0) is 25.0 Å². The molecule has 1 aliphatic rings. The fraction of sp³-hybridized carbons (Fsp3) is 0.200. The highest BCUT2D eigenvalue weighted by Gasteiger charge is 2.28. The molecule has 1 aliphatic carbocycles. The Bertz CT molecular complexity index is 922. The topological polar surface area (TPSA) is 46.9 Å². The molecule has 1 saturated carbocycles. The summed E-state index contributed by atoms with van der Waals surface area (Å²) in [6, 6.07) is 17.9. The quantitative estimate of drug-likeness (QED) is 0.590. The van der Waals surface area contributed by atoms with Crippen molar-refractivity contribution in [1.82, 2.24) is 9.55 Å². The Hall–Kier alpha value is -2.24. The predicted octanol–water partition coefficient (Wildman–Crippen LogP) is 5.27. The molecule has 2 aromatic carbocycles. The summed E-state index contributed by atoms with van der Waals surface area (Å²) in [4.78, 5) is 18.0. The number of nitrogens with one attached hydrogen (secondary N) is 1. The van der Waals surface area contributed by atoms with Crippen LogP contribution in [0.15, 0.2) is 65.8 Å². The summed E-state index contributed by atoms with van der Waals surface area (Å²) in [7, 11) is 0. The molecular formula is C20H18ClN3OS. The summed E-state index contributed by atoms with van der Waals surface area (Å²) in [5.74, 6) is 1.02. The number of rotatable bonds is 6. The zero-order valence-corrected chi connectivity index (χ0v) is 15.6. The highest BCUT2D eigenvalue weighted by atomic mass is 35.5. The number of hydrogen-bond acceptors (Lipinski definition) is 3. The van der Waals surface area contributed by atoms with Crippen molar-refractivity contribution >= 4 is 35.1 Å². The number of hydrogen-bond donors (Lipinski definition) is 1. The Morgan fingerprint density at radius 2 is 1.88 bits per heavy atom. The largest absolute Gasteiger partial charge is 0.314 e. The van der Waals surface area contributed by atoms with Crippen LogP contribution in [0.3, 0.4) is 0 Å². The Labute approximate surface area is 161 Å². The van der Waals surface area contributed by atoms with Crippen LogP contribution in [-0.4, -0.2) is 21.2 Å². The first-order valence-corrected chi connectivity index (χ1v) is 9.88. The van der Waals surface area contributed by atoms with Crippen molar-refractivity contribution in [2.45, 2.75) is 23.8 Å². The summed E-state index contributed by atoms with van der Waals surface area (Å²) in [6.45, 7) is 0. The van der Waals surface area contributed by atoms with E-state index in [4.69, 9.17) is 11.6 Å². The zero-order chi connectivity index (χ0) is 17.9. The van der Waals surface area contributed by atoms with Gasteiger partial charge in [0.2, 0.25) is 5.91 Å². The predicted molar refractivity (Wildman–Crippen MR) is 107 cm³/mol. The van der Waals surface area contributed by atoms with E-state index >= 15 is 0 Å². The van der Waals surface area contributed by atoms with Gasteiger partial charge in [-0.1, -0.05) is 54.1 Å². The van der Waals surface area contributed by atoms with E-state index in [9.17, 15) is 4.79 Å². The second kappa shape index (κ2) is 7.56. The van der Waals surface area contributed by atoms with E-state index < -0.39 is 0 Å². The first kappa shape index (κ1) is 17.2. The van der Waals surface area contributed by atoms with Crippen molar-refractivity contribution in [3.63, 3.8) is 0 Å². The molecule has 4 nitrogen and oxygen atoms in total. The smallest absolute Gasteiger partial charge is 0.235 e. The minimum Gasteiger partial charge on any atom is -0.314 e. The molecule has 0 aliphatic heterocycles. The van der Waals surface area contributed by atoms with Crippen LogP contribution in [0.2, 0.25) is 5.02 Å². The summed E-state index contributed by atoms with van der Waals surface area (Å²) < 4.78 is 2.08. The van der Waals surface area contributed by atoms with E-state index in [0.717, 1.165) is 34.8 Å². The molecule has 0 bridgehead atoms. The summed E-state index contributed by atoms with van der Waals surface area (Å²) in [6.07, 6.45) is 4.08. The van der Waals surface area contributed by atoms with Crippen molar-refractivity contribution < 1.29 is 4.79 Å². The molecule has 0 saturated heterocycles. The first-order chi connectivity index (χ1) is 12.7.